The van der Waals surface area contributed by atoms with Gasteiger partial charge >= 0.3 is 5.97 Å². The molecule has 1 rings (SSSR count). The Kier molecular flexibility index (Phi) is 5.22. The van der Waals surface area contributed by atoms with Crippen LogP contribution in [-0.4, -0.2) is 32.2 Å². The van der Waals surface area contributed by atoms with E-state index in [0.29, 0.717) is 12.8 Å². The average molecular weight is 253 g/mol. The van der Waals surface area contributed by atoms with Gasteiger partial charge < -0.3 is 21.1 Å². The van der Waals surface area contributed by atoms with Gasteiger partial charge in [0.1, 0.15) is 0 Å². The maximum atomic E-state index is 11.6. The van der Waals surface area contributed by atoms with Crippen molar-refractivity contribution in [3.63, 3.8) is 0 Å². The van der Waals surface area contributed by atoms with Gasteiger partial charge in [0.25, 0.3) is 0 Å². The number of carbonyl (C=O) groups excluding carboxylic acids is 1. The molecule has 0 radical (unpaired) electrons. The molecule has 1 aliphatic rings. The molecule has 4 unspecified atom stereocenters. The van der Waals surface area contributed by atoms with Gasteiger partial charge in [0.05, 0.1) is 18.8 Å². The summed E-state index contributed by atoms with van der Waals surface area (Å²) >= 11 is 0. The second kappa shape index (κ2) is 6.44. The average Bonchev–Trinajstić information content (AvgIpc) is 2.80. The molecule has 1 saturated carbocycles. The number of ether oxygens (including phenoxy) is 1. The van der Waals surface area contributed by atoms with Gasteiger partial charge in [0.15, 0.2) is 0 Å². The van der Waals surface area contributed by atoms with Crippen LogP contribution in [0.4, 0.5) is 0 Å². The molecule has 0 aliphatic heterocycles. The minimum Gasteiger partial charge on any atom is -0.469 e. The Bertz CT molecular complexity index is 330. The SMILES string of the molecule is C=CC(N)C1CC(C(=O)OC)CC1NC(=C)NC. The van der Waals surface area contributed by atoms with Gasteiger partial charge in [0.2, 0.25) is 0 Å². The summed E-state index contributed by atoms with van der Waals surface area (Å²) < 4.78 is 4.80. The molecule has 0 aromatic rings. The molecule has 0 spiro atoms. The minimum absolute atomic E-state index is 0.104. The normalized spacial score (nSPS) is 28.3. The second-order valence-electron chi connectivity index (χ2n) is 4.65. The smallest absolute Gasteiger partial charge is 0.308 e. The first-order valence-electron chi connectivity index (χ1n) is 6.12. The molecule has 5 nitrogen and oxygen atoms in total. The first-order valence-corrected chi connectivity index (χ1v) is 6.12. The van der Waals surface area contributed by atoms with Crippen molar-refractivity contribution < 1.29 is 9.53 Å². The molecule has 18 heavy (non-hydrogen) atoms. The summed E-state index contributed by atoms with van der Waals surface area (Å²) in [5, 5.41) is 6.20. The Morgan fingerprint density at radius 3 is 2.72 bits per heavy atom. The Hall–Kier alpha value is -1.49. The van der Waals surface area contributed by atoms with Crippen molar-refractivity contribution in [2.45, 2.75) is 24.9 Å². The molecule has 4 N–H and O–H groups in total. The van der Waals surface area contributed by atoms with E-state index >= 15 is 0 Å². The van der Waals surface area contributed by atoms with Crippen molar-refractivity contribution in [1.82, 2.24) is 10.6 Å². The zero-order valence-corrected chi connectivity index (χ0v) is 11.1. The van der Waals surface area contributed by atoms with E-state index in [2.05, 4.69) is 23.8 Å². The van der Waals surface area contributed by atoms with E-state index < -0.39 is 0 Å². The first kappa shape index (κ1) is 14.6. The summed E-state index contributed by atoms with van der Waals surface area (Å²) in [7, 11) is 3.21. The lowest BCUT2D eigenvalue weighted by atomic mass is 9.94. The van der Waals surface area contributed by atoms with Crippen molar-refractivity contribution in [1.29, 1.82) is 0 Å². The van der Waals surface area contributed by atoms with E-state index in [-0.39, 0.29) is 29.9 Å². The van der Waals surface area contributed by atoms with Gasteiger partial charge in [-0.05, 0) is 18.8 Å². The maximum Gasteiger partial charge on any atom is 0.308 e. The molecule has 1 aliphatic carbocycles. The third kappa shape index (κ3) is 3.26. The third-order valence-corrected chi connectivity index (χ3v) is 3.57. The van der Waals surface area contributed by atoms with Gasteiger partial charge in [-0.1, -0.05) is 12.7 Å². The van der Waals surface area contributed by atoms with Crippen LogP contribution >= 0.6 is 0 Å². The highest BCUT2D eigenvalue weighted by molar-refractivity contribution is 5.72. The summed E-state index contributed by atoms with van der Waals surface area (Å²) in [6, 6.07) is -0.0242. The topological polar surface area (TPSA) is 76.4 Å². The standard InChI is InChI=1S/C13H23N3O2/c1-5-11(14)10-6-9(13(17)18-4)7-12(10)16-8(2)15-3/h5,9-12,15-16H,1-2,6-7,14H2,3-4H3. The molecule has 0 heterocycles. The van der Waals surface area contributed by atoms with E-state index in [1.807, 2.05) is 0 Å². The van der Waals surface area contributed by atoms with Gasteiger partial charge in [-0.3, -0.25) is 4.79 Å². The summed E-state index contributed by atoms with van der Waals surface area (Å²) in [4.78, 5) is 11.6. The largest absolute Gasteiger partial charge is 0.469 e. The molecule has 4 atom stereocenters. The summed E-state index contributed by atoms with van der Waals surface area (Å²) in [6.07, 6.45) is 3.15. The van der Waals surface area contributed by atoms with Crippen molar-refractivity contribution in [3.05, 3.63) is 25.1 Å². The van der Waals surface area contributed by atoms with Crippen LogP contribution in [0.3, 0.4) is 0 Å². The van der Waals surface area contributed by atoms with Crippen molar-refractivity contribution in [3.8, 4) is 0 Å². The van der Waals surface area contributed by atoms with Crippen LogP contribution in [0, 0.1) is 11.8 Å². The number of methoxy groups -OCH3 is 1. The summed E-state index contributed by atoms with van der Waals surface area (Å²) in [6.45, 7) is 7.56. The molecule has 1 fully saturated rings. The highest BCUT2D eigenvalue weighted by atomic mass is 16.5. The van der Waals surface area contributed by atoms with Crippen molar-refractivity contribution in [2.24, 2.45) is 17.6 Å². The molecule has 0 saturated heterocycles. The molecular formula is C13H23N3O2. The Morgan fingerprint density at radius 2 is 2.22 bits per heavy atom. The van der Waals surface area contributed by atoms with Crippen molar-refractivity contribution >= 4 is 5.97 Å². The zero-order chi connectivity index (χ0) is 13.7. The number of nitrogens with two attached hydrogens (primary N) is 1. The highest BCUT2D eigenvalue weighted by Gasteiger charge is 2.40. The number of rotatable bonds is 6. The zero-order valence-electron chi connectivity index (χ0n) is 11.1. The number of esters is 1. The number of hydrogen-bond donors (Lipinski definition) is 3. The first-order chi connectivity index (χ1) is 8.53. The van der Waals surface area contributed by atoms with E-state index in [1.54, 1.807) is 13.1 Å². The van der Waals surface area contributed by atoms with Crippen molar-refractivity contribution in [2.75, 3.05) is 14.2 Å². The molecule has 5 heteroatoms. The lowest BCUT2D eigenvalue weighted by Crippen LogP contribution is -2.42. The lowest BCUT2D eigenvalue weighted by molar-refractivity contribution is -0.145. The van der Waals surface area contributed by atoms with Gasteiger partial charge in [-0.25, -0.2) is 0 Å². The second-order valence-corrected chi connectivity index (χ2v) is 4.65. The fraction of sp³-hybridized carbons (Fsp3) is 0.615. The third-order valence-electron chi connectivity index (χ3n) is 3.57. The van der Waals surface area contributed by atoms with Crippen LogP contribution in [0.5, 0.6) is 0 Å². The molecule has 102 valence electrons. The predicted octanol–water partition coefficient (Wildman–Crippen LogP) is 0.348. The Labute approximate surface area is 108 Å². The van der Waals surface area contributed by atoms with E-state index in [1.165, 1.54) is 7.11 Å². The van der Waals surface area contributed by atoms with Crippen LogP contribution < -0.4 is 16.4 Å². The predicted molar refractivity (Wildman–Crippen MR) is 71.5 cm³/mol. The molecule has 0 bridgehead atoms. The van der Waals surface area contributed by atoms with E-state index in [0.717, 1.165) is 5.82 Å². The Morgan fingerprint density at radius 1 is 1.56 bits per heavy atom. The van der Waals surface area contributed by atoms with Crippen LogP contribution in [0.2, 0.25) is 0 Å². The molecule has 0 aromatic heterocycles. The van der Waals surface area contributed by atoms with Crippen LogP contribution in [0.1, 0.15) is 12.8 Å². The molecule has 0 aromatic carbocycles. The van der Waals surface area contributed by atoms with Crippen LogP contribution in [0.25, 0.3) is 0 Å². The molecular weight excluding hydrogens is 230 g/mol. The Balaban J connectivity index is 2.74. The quantitative estimate of drug-likeness (QED) is 0.470. The van der Waals surface area contributed by atoms with Crippen LogP contribution in [0.15, 0.2) is 25.1 Å². The van der Waals surface area contributed by atoms with E-state index in [9.17, 15) is 4.79 Å². The number of nitrogens with one attached hydrogen (secondary N) is 2. The van der Waals surface area contributed by atoms with Gasteiger partial charge in [0, 0.05) is 19.1 Å². The fourth-order valence-electron chi connectivity index (χ4n) is 2.49. The number of hydrogen-bond acceptors (Lipinski definition) is 5. The van der Waals surface area contributed by atoms with E-state index in [4.69, 9.17) is 10.5 Å². The minimum atomic E-state index is -0.171. The van der Waals surface area contributed by atoms with Crippen LogP contribution in [-0.2, 0) is 9.53 Å². The van der Waals surface area contributed by atoms with Gasteiger partial charge in [-0.2, -0.15) is 0 Å². The molecule has 0 amide bonds. The monoisotopic (exact) mass is 253 g/mol. The summed E-state index contributed by atoms with van der Waals surface area (Å²) in [5.41, 5.74) is 6.03. The maximum absolute atomic E-state index is 11.6. The fourth-order valence-corrected chi connectivity index (χ4v) is 2.49. The lowest BCUT2D eigenvalue weighted by Gasteiger charge is -2.25. The summed E-state index contributed by atoms with van der Waals surface area (Å²) in [5.74, 6) is 0.618. The number of carbonyl (C=O) groups is 1. The highest BCUT2D eigenvalue weighted by Crippen LogP contribution is 2.34. The van der Waals surface area contributed by atoms with Gasteiger partial charge in [-0.15, -0.1) is 6.58 Å².